The number of Topliss-reactive ketones (excluding diaryl/α,β-unsaturated/α-hetero) is 1. The number of rotatable bonds is 4. The van der Waals surface area contributed by atoms with E-state index in [1.165, 1.54) is 24.9 Å². The zero-order valence-corrected chi connectivity index (χ0v) is 15.7. The lowest BCUT2D eigenvalue weighted by Crippen LogP contribution is -2.26. The Kier molecular flexibility index (Phi) is 4.61. The van der Waals surface area contributed by atoms with E-state index in [9.17, 15) is 9.59 Å². The largest absolute Gasteiger partial charge is 0.322 e. The highest BCUT2D eigenvalue weighted by Crippen LogP contribution is 2.36. The monoisotopic (exact) mass is 372 g/mol. The SMILES string of the molecule is CC(=O)c1ccc(NC(=O)c2cnc(N3c4ccccc4CC3C)nc2)cc1. The van der Waals surface area contributed by atoms with Crippen molar-refractivity contribution in [2.24, 2.45) is 0 Å². The van der Waals surface area contributed by atoms with Crippen molar-refractivity contribution < 1.29 is 9.59 Å². The molecule has 0 fully saturated rings. The Bertz CT molecular complexity index is 1030. The molecular formula is C22H20N4O2. The maximum absolute atomic E-state index is 12.5. The fourth-order valence-corrected chi connectivity index (χ4v) is 3.42. The molecule has 6 heteroatoms. The zero-order valence-electron chi connectivity index (χ0n) is 15.7. The Morgan fingerprint density at radius 2 is 1.68 bits per heavy atom. The first-order chi connectivity index (χ1) is 13.5. The van der Waals surface area contributed by atoms with Crippen LogP contribution in [0.1, 0.15) is 40.1 Å². The van der Waals surface area contributed by atoms with Crippen molar-refractivity contribution in [1.29, 1.82) is 0 Å². The van der Waals surface area contributed by atoms with Gasteiger partial charge in [0.15, 0.2) is 5.78 Å². The summed E-state index contributed by atoms with van der Waals surface area (Å²) >= 11 is 0. The fraction of sp³-hybridized carbons (Fsp3) is 0.182. The molecule has 4 rings (SSSR count). The van der Waals surface area contributed by atoms with Crippen molar-refractivity contribution in [1.82, 2.24) is 9.97 Å². The van der Waals surface area contributed by atoms with Gasteiger partial charge >= 0.3 is 0 Å². The quantitative estimate of drug-likeness (QED) is 0.700. The van der Waals surface area contributed by atoms with Gasteiger partial charge in [-0.3, -0.25) is 9.59 Å². The number of carbonyl (C=O) groups is 2. The smallest absolute Gasteiger partial charge is 0.258 e. The highest BCUT2D eigenvalue weighted by atomic mass is 16.1. The summed E-state index contributed by atoms with van der Waals surface area (Å²) < 4.78 is 0. The Hall–Kier alpha value is -3.54. The molecule has 2 aromatic carbocycles. The van der Waals surface area contributed by atoms with Crippen LogP contribution in [0.4, 0.5) is 17.3 Å². The van der Waals surface area contributed by atoms with Gasteiger partial charge in [0.25, 0.3) is 5.91 Å². The molecule has 1 N–H and O–H groups in total. The highest BCUT2D eigenvalue weighted by Gasteiger charge is 2.28. The van der Waals surface area contributed by atoms with Crippen molar-refractivity contribution in [2.75, 3.05) is 10.2 Å². The van der Waals surface area contributed by atoms with E-state index < -0.39 is 0 Å². The van der Waals surface area contributed by atoms with Gasteiger partial charge in [0, 0.05) is 35.4 Å². The highest BCUT2D eigenvalue weighted by molar-refractivity contribution is 6.04. The molecule has 140 valence electrons. The number of hydrogen-bond acceptors (Lipinski definition) is 5. The van der Waals surface area contributed by atoms with Gasteiger partial charge in [-0.1, -0.05) is 18.2 Å². The van der Waals surface area contributed by atoms with E-state index in [0.29, 0.717) is 22.8 Å². The first-order valence-corrected chi connectivity index (χ1v) is 9.14. The molecule has 28 heavy (non-hydrogen) atoms. The number of hydrogen-bond donors (Lipinski definition) is 1. The summed E-state index contributed by atoms with van der Waals surface area (Å²) in [7, 11) is 0. The van der Waals surface area contributed by atoms with Crippen molar-refractivity contribution in [3.8, 4) is 0 Å². The standard InChI is InChI=1S/C22H20N4O2/c1-14-11-17-5-3-4-6-20(17)26(14)22-23-12-18(13-24-22)21(28)25-19-9-7-16(8-10-19)15(2)27/h3-10,12-14H,11H2,1-2H3,(H,25,28). The van der Waals surface area contributed by atoms with Crippen LogP contribution in [0.15, 0.2) is 60.9 Å². The maximum atomic E-state index is 12.5. The van der Waals surface area contributed by atoms with E-state index in [0.717, 1.165) is 12.1 Å². The van der Waals surface area contributed by atoms with E-state index in [-0.39, 0.29) is 17.7 Å². The number of amides is 1. The normalized spacial score (nSPS) is 15.2. The van der Waals surface area contributed by atoms with Gasteiger partial charge < -0.3 is 10.2 Å². The van der Waals surface area contributed by atoms with Crippen LogP contribution in [0.25, 0.3) is 0 Å². The van der Waals surface area contributed by atoms with Crippen LogP contribution in [0.3, 0.4) is 0 Å². The minimum absolute atomic E-state index is 0.0143. The summed E-state index contributed by atoms with van der Waals surface area (Å²) in [5.41, 5.74) is 3.97. The molecule has 3 aromatic rings. The van der Waals surface area contributed by atoms with Crippen LogP contribution in [0.5, 0.6) is 0 Å². The summed E-state index contributed by atoms with van der Waals surface area (Å²) in [4.78, 5) is 34.7. The zero-order chi connectivity index (χ0) is 19.7. The predicted octanol–water partition coefficient (Wildman–Crippen LogP) is 4.01. The average molecular weight is 372 g/mol. The molecule has 0 aliphatic carbocycles. The van der Waals surface area contributed by atoms with Crippen LogP contribution in [0, 0.1) is 0 Å². The molecule has 1 amide bonds. The summed E-state index contributed by atoms with van der Waals surface area (Å²) in [5, 5.41) is 2.79. The number of para-hydroxylation sites is 1. The molecular weight excluding hydrogens is 352 g/mol. The van der Waals surface area contributed by atoms with Crippen LogP contribution in [-0.2, 0) is 6.42 Å². The molecule has 0 bridgehead atoms. The lowest BCUT2D eigenvalue weighted by molar-refractivity contribution is 0.101. The van der Waals surface area contributed by atoms with Gasteiger partial charge in [-0.25, -0.2) is 9.97 Å². The number of carbonyl (C=O) groups excluding carboxylic acids is 2. The topological polar surface area (TPSA) is 75.2 Å². The van der Waals surface area contributed by atoms with Gasteiger partial charge in [-0.15, -0.1) is 0 Å². The molecule has 0 saturated heterocycles. The fourth-order valence-electron chi connectivity index (χ4n) is 3.42. The van der Waals surface area contributed by atoms with Gasteiger partial charge in [0.2, 0.25) is 5.95 Å². The van der Waals surface area contributed by atoms with Gasteiger partial charge in [0.1, 0.15) is 0 Å². The molecule has 1 aromatic heterocycles. The molecule has 1 atom stereocenters. The second-order valence-corrected chi connectivity index (χ2v) is 6.91. The van der Waals surface area contributed by atoms with Crippen LogP contribution < -0.4 is 10.2 Å². The Morgan fingerprint density at radius 1 is 1.00 bits per heavy atom. The molecule has 6 nitrogen and oxygen atoms in total. The predicted molar refractivity (Wildman–Crippen MR) is 108 cm³/mol. The number of nitrogens with one attached hydrogen (secondary N) is 1. The summed E-state index contributed by atoms with van der Waals surface area (Å²) in [6.45, 7) is 3.64. The molecule has 2 heterocycles. The second-order valence-electron chi connectivity index (χ2n) is 6.91. The Balaban J connectivity index is 1.50. The molecule has 1 aliphatic heterocycles. The third-order valence-corrected chi connectivity index (χ3v) is 4.87. The molecule has 0 radical (unpaired) electrons. The summed E-state index contributed by atoms with van der Waals surface area (Å²) in [5.74, 6) is 0.274. The first kappa shape index (κ1) is 17.9. The number of benzene rings is 2. The van der Waals surface area contributed by atoms with E-state index in [2.05, 4.69) is 39.2 Å². The molecule has 1 aliphatic rings. The Morgan fingerprint density at radius 3 is 2.36 bits per heavy atom. The van der Waals surface area contributed by atoms with Crippen LogP contribution >= 0.6 is 0 Å². The number of fused-ring (bicyclic) bond motifs is 1. The maximum Gasteiger partial charge on any atom is 0.258 e. The third-order valence-electron chi connectivity index (χ3n) is 4.87. The second kappa shape index (κ2) is 7.23. The summed E-state index contributed by atoms with van der Waals surface area (Å²) in [6.07, 6.45) is 4.02. The minimum atomic E-state index is -0.294. The lowest BCUT2D eigenvalue weighted by atomic mass is 10.1. The van der Waals surface area contributed by atoms with Gasteiger partial charge in [-0.2, -0.15) is 0 Å². The van der Waals surface area contributed by atoms with E-state index in [4.69, 9.17) is 0 Å². The van der Waals surface area contributed by atoms with Gasteiger partial charge in [0.05, 0.1) is 5.56 Å². The molecule has 1 unspecified atom stereocenters. The molecule has 0 saturated carbocycles. The summed E-state index contributed by atoms with van der Waals surface area (Å²) in [6, 6.07) is 15.2. The van der Waals surface area contributed by atoms with Crippen molar-refractivity contribution >= 4 is 29.0 Å². The average Bonchev–Trinajstić information content (AvgIpc) is 3.04. The number of ketones is 1. The van der Waals surface area contributed by atoms with Crippen molar-refractivity contribution in [2.45, 2.75) is 26.3 Å². The number of nitrogens with zero attached hydrogens (tertiary/aromatic N) is 3. The third kappa shape index (κ3) is 3.36. The number of aromatic nitrogens is 2. The van der Waals surface area contributed by atoms with E-state index in [1.807, 2.05) is 12.1 Å². The lowest BCUT2D eigenvalue weighted by Gasteiger charge is -2.22. The van der Waals surface area contributed by atoms with E-state index >= 15 is 0 Å². The molecule has 0 spiro atoms. The first-order valence-electron chi connectivity index (χ1n) is 9.14. The van der Waals surface area contributed by atoms with Crippen molar-refractivity contribution in [3.05, 3.63) is 77.6 Å². The van der Waals surface area contributed by atoms with E-state index in [1.54, 1.807) is 24.3 Å². The van der Waals surface area contributed by atoms with Crippen LogP contribution in [0.2, 0.25) is 0 Å². The van der Waals surface area contributed by atoms with Gasteiger partial charge in [-0.05, 0) is 56.2 Å². The van der Waals surface area contributed by atoms with Crippen molar-refractivity contribution in [3.63, 3.8) is 0 Å². The minimum Gasteiger partial charge on any atom is -0.322 e. The number of anilines is 3. The van der Waals surface area contributed by atoms with Crippen LogP contribution in [-0.4, -0.2) is 27.7 Å². The Labute approximate surface area is 163 Å².